The van der Waals surface area contributed by atoms with Crippen LogP contribution in [0.4, 0.5) is 5.69 Å². The first-order valence-corrected chi connectivity index (χ1v) is 10.6. The summed E-state index contributed by atoms with van der Waals surface area (Å²) < 4.78 is 5.12. The molecule has 29 heavy (non-hydrogen) atoms. The molecule has 4 rings (SSSR count). The van der Waals surface area contributed by atoms with Gasteiger partial charge >= 0.3 is 5.97 Å². The summed E-state index contributed by atoms with van der Waals surface area (Å²) in [4.78, 5) is 41.2. The van der Waals surface area contributed by atoms with E-state index in [1.807, 2.05) is 24.3 Å². The molecule has 0 aromatic heterocycles. The summed E-state index contributed by atoms with van der Waals surface area (Å²) in [6.45, 7) is 3.09. The highest BCUT2D eigenvalue weighted by Gasteiger charge is 2.30. The number of carbonyl (C=O) groups excluding carboxylic acids is 3. The summed E-state index contributed by atoms with van der Waals surface area (Å²) >= 11 is 1.50. The first-order chi connectivity index (χ1) is 14.1. The lowest BCUT2D eigenvalue weighted by Crippen LogP contribution is -2.42. The maximum atomic E-state index is 13.1. The molecule has 150 valence electrons. The maximum absolute atomic E-state index is 13.1. The molecule has 0 radical (unpaired) electrons. The van der Waals surface area contributed by atoms with Crippen LogP contribution in [0.3, 0.4) is 0 Å². The van der Waals surface area contributed by atoms with Gasteiger partial charge in [-0.05, 0) is 50.1 Å². The third-order valence-electron chi connectivity index (χ3n) is 5.15. The minimum atomic E-state index is -0.279. The largest absolute Gasteiger partial charge is 0.466 e. The fraction of sp³-hybridized carbons (Fsp3) is 0.318. The standard InChI is InChI=1S/C22H22N2O4S/c1-2-28-22(27)15-6-5-11-24(13-15)21(26)14-9-10-19-17(12-14)23-20(25)16-7-3-4-8-18(16)29-19/h3-4,7-10,12,15H,2,5-6,11,13H2,1H3,(H,23,25)/t15-/m0/s1. The Labute approximate surface area is 173 Å². The molecule has 0 spiro atoms. The zero-order chi connectivity index (χ0) is 20.4. The summed E-state index contributed by atoms with van der Waals surface area (Å²) in [5.41, 5.74) is 1.75. The van der Waals surface area contributed by atoms with Gasteiger partial charge in [0.2, 0.25) is 0 Å². The molecule has 2 aromatic rings. The van der Waals surface area contributed by atoms with Crippen LogP contribution in [-0.4, -0.2) is 42.4 Å². The fourth-order valence-corrected chi connectivity index (χ4v) is 4.71. The van der Waals surface area contributed by atoms with Gasteiger partial charge in [0.15, 0.2) is 0 Å². The van der Waals surface area contributed by atoms with Crippen molar-refractivity contribution in [3.63, 3.8) is 0 Å². The average molecular weight is 410 g/mol. The Morgan fingerprint density at radius 1 is 1.21 bits per heavy atom. The number of rotatable bonds is 3. The van der Waals surface area contributed by atoms with Gasteiger partial charge < -0.3 is 15.0 Å². The first-order valence-electron chi connectivity index (χ1n) is 9.75. The summed E-state index contributed by atoms with van der Waals surface area (Å²) in [6, 6.07) is 12.8. The predicted octanol–water partition coefficient (Wildman–Crippen LogP) is 3.82. The molecule has 2 heterocycles. The normalized spacial score (nSPS) is 18.2. The molecule has 0 saturated carbocycles. The van der Waals surface area contributed by atoms with E-state index in [-0.39, 0.29) is 23.7 Å². The number of amides is 2. The number of carbonyl (C=O) groups is 3. The molecule has 1 fully saturated rings. The number of fused-ring (bicyclic) bond motifs is 2. The fourth-order valence-electron chi connectivity index (χ4n) is 3.70. The van der Waals surface area contributed by atoms with Crippen molar-refractivity contribution in [1.29, 1.82) is 0 Å². The minimum absolute atomic E-state index is 0.136. The molecular weight excluding hydrogens is 388 g/mol. The number of nitrogens with one attached hydrogen (secondary N) is 1. The first kappa shape index (κ1) is 19.5. The Bertz CT molecular complexity index is 975. The number of hydrogen-bond donors (Lipinski definition) is 1. The van der Waals surface area contributed by atoms with E-state index in [9.17, 15) is 14.4 Å². The van der Waals surface area contributed by atoms with Crippen molar-refractivity contribution in [1.82, 2.24) is 4.90 Å². The van der Waals surface area contributed by atoms with Gasteiger partial charge in [-0.1, -0.05) is 23.9 Å². The van der Waals surface area contributed by atoms with Crippen molar-refractivity contribution in [3.05, 3.63) is 53.6 Å². The van der Waals surface area contributed by atoms with E-state index in [1.165, 1.54) is 11.8 Å². The molecule has 0 unspecified atom stereocenters. The lowest BCUT2D eigenvalue weighted by atomic mass is 9.97. The second-order valence-corrected chi connectivity index (χ2v) is 8.19. The van der Waals surface area contributed by atoms with Gasteiger partial charge in [0.25, 0.3) is 11.8 Å². The Morgan fingerprint density at radius 2 is 2.03 bits per heavy atom. The van der Waals surface area contributed by atoms with Crippen molar-refractivity contribution >= 4 is 35.2 Å². The summed E-state index contributed by atoms with van der Waals surface area (Å²) in [7, 11) is 0. The van der Waals surface area contributed by atoms with Crippen molar-refractivity contribution in [2.45, 2.75) is 29.6 Å². The molecule has 2 aliphatic heterocycles. The number of benzene rings is 2. The quantitative estimate of drug-likeness (QED) is 0.779. The van der Waals surface area contributed by atoms with Crippen LogP contribution in [0.25, 0.3) is 0 Å². The van der Waals surface area contributed by atoms with Crippen molar-refractivity contribution in [2.75, 3.05) is 25.0 Å². The highest BCUT2D eigenvalue weighted by Crippen LogP contribution is 2.39. The Morgan fingerprint density at radius 3 is 2.86 bits per heavy atom. The molecule has 2 aromatic carbocycles. The average Bonchev–Trinajstić information content (AvgIpc) is 2.88. The highest BCUT2D eigenvalue weighted by atomic mass is 32.2. The van der Waals surface area contributed by atoms with Crippen molar-refractivity contribution in [3.8, 4) is 0 Å². The van der Waals surface area contributed by atoms with Crippen molar-refractivity contribution in [2.24, 2.45) is 5.92 Å². The number of nitrogens with zero attached hydrogens (tertiary/aromatic N) is 1. The molecule has 1 N–H and O–H groups in total. The molecule has 1 atom stereocenters. The summed E-state index contributed by atoms with van der Waals surface area (Å²) in [5, 5.41) is 2.92. The van der Waals surface area contributed by atoms with Gasteiger partial charge in [-0.2, -0.15) is 0 Å². The molecule has 6 nitrogen and oxygen atoms in total. The zero-order valence-electron chi connectivity index (χ0n) is 16.1. The van der Waals surface area contributed by atoms with E-state index in [0.29, 0.717) is 36.5 Å². The molecular formula is C22H22N2O4S. The van der Waals surface area contributed by atoms with Crippen LogP contribution in [-0.2, 0) is 9.53 Å². The number of hydrogen-bond acceptors (Lipinski definition) is 5. The van der Waals surface area contributed by atoms with Crippen LogP contribution in [0.15, 0.2) is 52.3 Å². The van der Waals surface area contributed by atoms with Crippen LogP contribution in [0.2, 0.25) is 0 Å². The molecule has 2 amide bonds. The van der Waals surface area contributed by atoms with E-state index >= 15 is 0 Å². The monoisotopic (exact) mass is 410 g/mol. The maximum Gasteiger partial charge on any atom is 0.310 e. The smallest absolute Gasteiger partial charge is 0.310 e. The number of esters is 1. The van der Waals surface area contributed by atoms with Crippen LogP contribution < -0.4 is 5.32 Å². The van der Waals surface area contributed by atoms with Gasteiger partial charge in [-0.25, -0.2) is 0 Å². The SMILES string of the molecule is CCOC(=O)[C@H]1CCCN(C(=O)c2ccc3c(c2)NC(=O)c2ccccc2S3)C1. The van der Waals surface area contributed by atoms with Gasteiger partial charge in [0.05, 0.1) is 23.8 Å². The molecule has 0 bridgehead atoms. The van der Waals surface area contributed by atoms with Crippen molar-refractivity contribution < 1.29 is 19.1 Å². The topological polar surface area (TPSA) is 75.7 Å². The lowest BCUT2D eigenvalue weighted by Gasteiger charge is -2.31. The number of likely N-dealkylation sites (tertiary alicyclic amines) is 1. The lowest BCUT2D eigenvalue weighted by molar-refractivity contribution is -0.149. The molecule has 7 heteroatoms. The third-order valence-corrected chi connectivity index (χ3v) is 6.31. The van der Waals surface area contributed by atoms with E-state index < -0.39 is 0 Å². The van der Waals surface area contributed by atoms with Gasteiger partial charge in [-0.15, -0.1) is 0 Å². The van der Waals surface area contributed by atoms with E-state index in [2.05, 4.69) is 5.32 Å². The second-order valence-electron chi connectivity index (χ2n) is 7.11. The summed E-state index contributed by atoms with van der Waals surface area (Å²) in [5.74, 6) is -0.841. The zero-order valence-corrected chi connectivity index (χ0v) is 17.0. The van der Waals surface area contributed by atoms with Crippen LogP contribution in [0.1, 0.15) is 40.5 Å². The second kappa shape index (κ2) is 8.29. The Hall–Kier alpha value is -2.80. The van der Waals surface area contributed by atoms with E-state index in [4.69, 9.17) is 4.74 Å². The highest BCUT2D eigenvalue weighted by molar-refractivity contribution is 7.99. The van der Waals surface area contributed by atoms with Gasteiger partial charge in [0.1, 0.15) is 0 Å². The van der Waals surface area contributed by atoms with Gasteiger partial charge in [0, 0.05) is 28.4 Å². The molecule has 0 aliphatic carbocycles. The number of piperidine rings is 1. The molecule has 2 aliphatic rings. The Balaban J connectivity index is 1.55. The Kier molecular flexibility index (Phi) is 5.58. The van der Waals surface area contributed by atoms with E-state index in [1.54, 1.807) is 30.0 Å². The number of anilines is 1. The van der Waals surface area contributed by atoms with E-state index in [0.717, 1.165) is 22.6 Å². The van der Waals surface area contributed by atoms with Crippen LogP contribution >= 0.6 is 11.8 Å². The third kappa shape index (κ3) is 4.00. The number of ether oxygens (including phenoxy) is 1. The van der Waals surface area contributed by atoms with Crippen LogP contribution in [0, 0.1) is 5.92 Å². The van der Waals surface area contributed by atoms with Gasteiger partial charge in [-0.3, -0.25) is 14.4 Å². The predicted molar refractivity (Wildman–Crippen MR) is 110 cm³/mol. The minimum Gasteiger partial charge on any atom is -0.466 e. The van der Waals surface area contributed by atoms with Crippen LogP contribution in [0.5, 0.6) is 0 Å². The summed E-state index contributed by atoms with van der Waals surface area (Å²) in [6.07, 6.45) is 1.50. The molecule has 1 saturated heterocycles.